The van der Waals surface area contributed by atoms with Gasteiger partial charge in [-0.3, -0.25) is 4.57 Å². The van der Waals surface area contributed by atoms with Gasteiger partial charge in [0.15, 0.2) is 23.5 Å². The molecule has 3 aliphatic rings. The van der Waals surface area contributed by atoms with Gasteiger partial charge in [0, 0.05) is 43.8 Å². The zero-order valence-corrected chi connectivity index (χ0v) is 40.3. The van der Waals surface area contributed by atoms with Crippen molar-refractivity contribution in [2.24, 2.45) is 0 Å². The third-order valence-electron chi connectivity index (χ3n) is 11.9. The summed E-state index contributed by atoms with van der Waals surface area (Å²) in [6.45, 7) is 14.4. The highest BCUT2D eigenvalue weighted by atomic mass is 31.2. The average molecular weight is 924 g/mol. The minimum absolute atomic E-state index is 0.500. The van der Waals surface area contributed by atoms with Crippen LogP contribution in [0, 0.1) is 0 Å². The molecule has 0 aromatic heterocycles. The number of hydrogen-bond acceptors (Lipinski definition) is 5. The molecule has 1 N–H and O–H groups in total. The predicted molar refractivity (Wildman–Crippen MR) is 281 cm³/mol. The summed E-state index contributed by atoms with van der Waals surface area (Å²) in [5.74, 6) is 1.21. The molecule has 5 nitrogen and oxygen atoms in total. The first-order valence-electron chi connectivity index (χ1n) is 22.4. The van der Waals surface area contributed by atoms with Crippen LogP contribution >= 0.6 is 22.2 Å². The lowest BCUT2D eigenvalue weighted by molar-refractivity contribution is 0.392. The molecule has 0 bridgehead atoms. The first-order valence-corrected chi connectivity index (χ1v) is 27.4. The third kappa shape index (κ3) is 8.50. The van der Waals surface area contributed by atoms with E-state index < -0.39 is 22.2 Å². The second-order valence-corrected chi connectivity index (χ2v) is 23.1. The Hall–Kier alpha value is -6.31. The lowest BCUT2D eigenvalue weighted by Crippen LogP contribution is -2.29. The molecule has 3 atom stereocenters. The van der Waals surface area contributed by atoms with Crippen molar-refractivity contribution in [2.75, 3.05) is 0 Å². The Morgan fingerprint density at radius 1 is 0.712 bits per heavy atom. The van der Waals surface area contributed by atoms with E-state index in [1.807, 2.05) is 197 Å². The van der Waals surface area contributed by atoms with Crippen molar-refractivity contribution in [3.63, 3.8) is 0 Å². The largest absolute Gasteiger partial charge is 0.436 e. The Balaban J connectivity index is 0.00000292. The van der Waals surface area contributed by atoms with Gasteiger partial charge in [-0.1, -0.05) is 173 Å². The number of allylic oxidation sites excluding steroid dienone is 12. The van der Waals surface area contributed by atoms with Crippen LogP contribution in [0.5, 0.6) is 5.75 Å². The topological polar surface area (TPSA) is 72.8 Å². The predicted octanol–water partition coefficient (Wildman–Crippen LogP) is 13.5. The number of benzene rings is 6. The summed E-state index contributed by atoms with van der Waals surface area (Å²) in [7, 11) is -10.7. The van der Waals surface area contributed by atoms with E-state index in [4.69, 9.17) is 9.05 Å². The summed E-state index contributed by atoms with van der Waals surface area (Å²) >= 11 is 0. The van der Waals surface area contributed by atoms with Crippen molar-refractivity contribution in [1.82, 2.24) is 0 Å². The van der Waals surface area contributed by atoms with Gasteiger partial charge in [0.25, 0.3) is 0 Å². The van der Waals surface area contributed by atoms with Crippen LogP contribution in [0.25, 0.3) is 22.3 Å². The van der Waals surface area contributed by atoms with Gasteiger partial charge in [0.1, 0.15) is 5.75 Å². The van der Waals surface area contributed by atoms with Gasteiger partial charge in [0.05, 0.1) is 10.6 Å². The van der Waals surface area contributed by atoms with Gasteiger partial charge in [-0.25, -0.2) is 4.89 Å². The van der Waals surface area contributed by atoms with E-state index in [0.29, 0.717) is 48.7 Å². The summed E-state index contributed by atoms with van der Waals surface area (Å²) in [5.41, 5.74) is 6.18. The van der Waals surface area contributed by atoms with E-state index in [2.05, 4.69) is 19.2 Å². The summed E-state index contributed by atoms with van der Waals surface area (Å²) in [6.07, 6.45) is 20.0. The normalized spacial score (nSPS) is 20.5. The van der Waals surface area contributed by atoms with Gasteiger partial charge in [-0.05, 0) is 98.0 Å². The second-order valence-electron chi connectivity index (χ2n) is 15.7. The molecule has 0 saturated carbocycles. The van der Waals surface area contributed by atoms with E-state index in [-0.39, 0.29) is 0 Å². The van der Waals surface area contributed by atoms with Crippen LogP contribution in [0.1, 0.15) is 40.0 Å². The van der Waals surface area contributed by atoms with Crippen LogP contribution in [0.15, 0.2) is 247 Å². The number of fused-ring (bicyclic) bond motifs is 3. The Bertz CT molecular complexity index is 3050. The molecule has 0 radical (unpaired) electrons. The van der Waals surface area contributed by atoms with Crippen molar-refractivity contribution in [1.29, 1.82) is 0 Å². The first kappa shape index (κ1) is 46.2. The molecule has 9 rings (SSSR count). The molecule has 330 valence electrons. The molecular formula is C58H54O5P3+. The Labute approximate surface area is 390 Å². The molecule has 6 aromatic rings. The Morgan fingerprint density at radius 2 is 1.32 bits per heavy atom. The fourth-order valence-corrected chi connectivity index (χ4v) is 15.9. The molecule has 2 aliphatic heterocycles. The number of hydrogen-bond donors (Lipinski definition) is 1. The molecule has 1 aliphatic carbocycles. The van der Waals surface area contributed by atoms with E-state index in [1.54, 1.807) is 24.3 Å². The van der Waals surface area contributed by atoms with Crippen LogP contribution < -0.4 is 36.4 Å². The highest BCUT2D eigenvalue weighted by molar-refractivity contribution is 7.85. The number of rotatable bonds is 10. The Morgan fingerprint density at radius 3 is 2.02 bits per heavy atom. The van der Waals surface area contributed by atoms with Gasteiger partial charge in [0.2, 0.25) is 0 Å². The van der Waals surface area contributed by atoms with Crippen molar-refractivity contribution < 1.29 is 23.1 Å². The average Bonchev–Trinajstić information content (AvgIpc) is 3.58. The van der Waals surface area contributed by atoms with E-state index in [9.17, 15) is 4.89 Å². The highest BCUT2D eigenvalue weighted by Gasteiger charge is 2.54. The first-order chi connectivity index (χ1) is 32.2. The highest BCUT2D eigenvalue weighted by Crippen LogP contribution is 2.70. The summed E-state index contributed by atoms with van der Waals surface area (Å²) in [6, 6.07) is 47.6. The SMILES string of the molecule is C=C/C=C1\C(=C)C2=C(O[P+]1(O)c1ccc(P(=O)(c3ccccc3)c3ccc(P4(=O)Oc5c(-c6ccccc6)cccc5-c5ccccc54)cc3)cc1)C(/C=C/C=C\C=C/C)=CCCC2.CC. The lowest BCUT2D eigenvalue weighted by Gasteiger charge is -2.31. The minimum atomic E-state index is -3.69. The van der Waals surface area contributed by atoms with Crippen molar-refractivity contribution >= 4 is 54.1 Å². The van der Waals surface area contributed by atoms with Crippen molar-refractivity contribution in [3.05, 3.63) is 247 Å². The summed E-state index contributed by atoms with van der Waals surface area (Å²) in [4.78, 5) is 12.8. The third-order valence-corrected chi connectivity index (χ3v) is 19.9. The van der Waals surface area contributed by atoms with Crippen LogP contribution in [0.3, 0.4) is 0 Å². The van der Waals surface area contributed by atoms with Crippen molar-refractivity contribution in [3.8, 4) is 28.0 Å². The van der Waals surface area contributed by atoms with E-state index in [0.717, 1.165) is 58.2 Å². The monoisotopic (exact) mass is 923 g/mol. The molecule has 0 saturated heterocycles. The molecule has 0 spiro atoms. The number of para-hydroxylation sites is 1. The van der Waals surface area contributed by atoms with Gasteiger partial charge < -0.3 is 13.6 Å². The van der Waals surface area contributed by atoms with E-state index >= 15 is 9.13 Å². The standard InChI is InChI=1S/C56H48O5P3.C2H6/c1-4-6-7-8-11-24-43-25-16-17-28-49-41(3)53(21-5-2)63(58,60-55(43)49)47-37-33-45(34-38-47)62(57,44-26-14-10-15-27-44)46-35-39-48(40-36-46)64(59)54-32-19-18-29-51(54)52-31-20-30-50(56(52)61-64)42-22-12-9-13-23-42;1-2/h4-15,18-27,29-40,58H,2-3,16-17,28H2,1H3;1-2H3/q+1;/b6-4-,8-7-,24-11+,53-21+;. The maximum atomic E-state index is 15.9. The molecule has 66 heavy (non-hydrogen) atoms. The maximum absolute atomic E-state index is 15.9. The lowest BCUT2D eigenvalue weighted by atomic mass is 9.97. The van der Waals surface area contributed by atoms with Gasteiger partial charge in [-0.15, -0.1) is 0 Å². The summed E-state index contributed by atoms with van der Waals surface area (Å²) < 4.78 is 45.0. The van der Waals surface area contributed by atoms with Crippen LogP contribution in [-0.4, -0.2) is 4.89 Å². The van der Waals surface area contributed by atoms with Gasteiger partial charge >= 0.3 is 15.1 Å². The zero-order chi connectivity index (χ0) is 46.3. The van der Waals surface area contributed by atoms with Gasteiger partial charge in [-0.2, -0.15) is 0 Å². The fraction of sp³-hybridized carbons (Fsp3) is 0.103. The minimum Gasteiger partial charge on any atom is -0.436 e. The molecule has 2 heterocycles. The molecule has 8 heteroatoms. The molecule has 0 amide bonds. The Kier molecular flexibility index (Phi) is 14.0. The molecular weight excluding hydrogens is 870 g/mol. The molecule has 3 unspecified atom stereocenters. The maximum Gasteiger partial charge on any atom is 0.383 e. The molecule has 6 aromatic carbocycles. The van der Waals surface area contributed by atoms with Crippen LogP contribution in [0.2, 0.25) is 0 Å². The zero-order valence-electron chi connectivity index (χ0n) is 37.6. The smallest absolute Gasteiger partial charge is 0.383 e. The van der Waals surface area contributed by atoms with Crippen LogP contribution in [0.4, 0.5) is 0 Å². The van der Waals surface area contributed by atoms with Crippen molar-refractivity contribution in [2.45, 2.75) is 40.0 Å². The second kappa shape index (κ2) is 20.1. The van der Waals surface area contributed by atoms with E-state index in [1.165, 1.54) is 0 Å². The summed E-state index contributed by atoms with van der Waals surface area (Å²) in [5, 5.41) is 4.07. The fourth-order valence-electron chi connectivity index (χ4n) is 8.71. The molecule has 0 fully saturated rings. The van der Waals surface area contributed by atoms with Crippen LogP contribution in [-0.2, 0) is 13.7 Å². The quantitative estimate of drug-likeness (QED) is 0.109.